The number of nitrogens with zero attached hydrogens (tertiary/aromatic N) is 1. The number of ether oxygens (including phenoxy) is 3. The van der Waals surface area contributed by atoms with Crippen molar-refractivity contribution in [3.05, 3.63) is 23.3 Å². The summed E-state index contributed by atoms with van der Waals surface area (Å²) in [5, 5.41) is 12.4. The van der Waals surface area contributed by atoms with E-state index in [9.17, 15) is 10.1 Å². The average molecular weight is 358 g/mol. The molecule has 1 fully saturated rings. The lowest BCUT2D eigenvalue weighted by Gasteiger charge is -2.29. The van der Waals surface area contributed by atoms with Gasteiger partial charge in [0.25, 0.3) is 5.91 Å². The number of amides is 1. The van der Waals surface area contributed by atoms with Gasteiger partial charge >= 0.3 is 0 Å². The molecular formula is C20H26N2O4. The van der Waals surface area contributed by atoms with Gasteiger partial charge in [-0.3, -0.25) is 4.79 Å². The summed E-state index contributed by atoms with van der Waals surface area (Å²) >= 11 is 0. The molecule has 0 saturated heterocycles. The number of methoxy groups -OCH3 is 3. The maximum atomic E-state index is 12.5. The van der Waals surface area contributed by atoms with E-state index in [4.69, 9.17) is 14.2 Å². The van der Waals surface area contributed by atoms with Crippen LogP contribution in [0, 0.1) is 17.2 Å². The number of benzene rings is 1. The maximum Gasteiger partial charge on any atom is 0.262 e. The van der Waals surface area contributed by atoms with Crippen molar-refractivity contribution in [1.82, 2.24) is 5.32 Å². The van der Waals surface area contributed by atoms with Crippen LogP contribution >= 0.6 is 0 Å². The molecule has 140 valence electrons. The molecule has 0 spiro atoms. The number of nitriles is 1. The van der Waals surface area contributed by atoms with Crippen LogP contribution in [-0.2, 0) is 4.79 Å². The van der Waals surface area contributed by atoms with E-state index in [0.29, 0.717) is 28.7 Å². The van der Waals surface area contributed by atoms with Gasteiger partial charge in [-0.25, -0.2) is 0 Å². The third-order valence-corrected chi connectivity index (χ3v) is 4.79. The normalized spacial score (nSPS) is 20.0. The van der Waals surface area contributed by atoms with E-state index in [1.54, 1.807) is 12.1 Å². The van der Waals surface area contributed by atoms with E-state index in [-0.39, 0.29) is 17.5 Å². The molecule has 1 amide bonds. The molecular weight excluding hydrogens is 332 g/mol. The lowest BCUT2D eigenvalue weighted by atomic mass is 9.86. The zero-order chi connectivity index (χ0) is 19.1. The molecule has 1 N–H and O–H groups in total. The van der Waals surface area contributed by atoms with Gasteiger partial charge in [0.2, 0.25) is 5.75 Å². The Bertz CT molecular complexity index is 696. The minimum absolute atomic E-state index is 0.0528. The van der Waals surface area contributed by atoms with E-state index in [1.165, 1.54) is 33.8 Å². The summed E-state index contributed by atoms with van der Waals surface area (Å²) in [7, 11) is 4.57. The highest BCUT2D eigenvalue weighted by Gasteiger charge is 2.24. The fourth-order valence-corrected chi connectivity index (χ4v) is 3.28. The Morgan fingerprint density at radius 2 is 1.77 bits per heavy atom. The monoisotopic (exact) mass is 358 g/mol. The third-order valence-electron chi connectivity index (χ3n) is 4.79. The molecule has 6 nitrogen and oxygen atoms in total. The van der Waals surface area contributed by atoms with Gasteiger partial charge in [-0.1, -0.05) is 19.8 Å². The number of nitrogens with one attached hydrogen (secondary N) is 1. The summed E-state index contributed by atoms with van der Waals surface area (Å²) in [4.78, 5) is 12.5. The molecule has 1 aliphatic rings. The van der Waals surface area contributed by atoms with Crippen LogP contribution in [0.15, 0.2) is 17.7 Å². The van der Waals surface area contributed by atoms with Crippen molar-refractivity contribution in [2.24, 2.45) is 5.92 Å². The van der Waals surface area contributed by atoms with Crippen LogP contribution in [0.5, 0.6) is 17.2 Å². The Morgan fingerprint density at radius 1 is 1.15 bits per heavy atom. The Morgan fingerprint density at radius 3 is 2.27 bits per heavy atom. The van der Waals surface area contributed by atoms with Crippen LogP contribution in [0.1, 0.15) is 38.2 Å². The van der Waals surface area contributed by atoms with Crippen LogP contribution in [0.3, 0.4) is 0 Å². The number of carbonyl (C=O) groups excluding carboxylic acids is 1. The van der Waals surface area contributed by atoms with Crippen LogP contribution in [0.2, 0.25) is 0 Å². The largest absolute Gasteiger partial charge is 0.493 e. The van der Waals surface area contributed by atoms with E-state index >= 15 is 0 Å². The first-order chi connectivity index (χ1) is 12.5. The van der Waals surface area contributed by atoms with Crippen molar-refractivity contribution in [1.29, 1.82) is 5.26 Å². The summed E-state index contributed by atoms with van der Waals surface area (Å²) < 4.78 is 15.9. The van der Waals surface area contributed by atoms with Crippen LogP contribution < -0.4 is 19.5 Å². The zero-order valence-corrected chi connectivity index (χ0v) is 15.8. The van der Waals surface area contributed by atoms with E-state index < -0.39 is 0 Å². The highest BCUT2D eigenvalue weighted by atomic mass is 16.5. The molecule has 1 saturated carbocycles. The topological polar surface area (TPSA) is 80.6 Å². The van der Waals surface area contributed by atoms with Crippen molar-refractivity contribution in [2.75, 3.05) is 21.3 Å². The molecule has 0 bridgehead atoms. The van der Waals surface area contributed by atoms with Gasteiger partial charge in [-0.2, -0.15) is 5.26 Å². The van der Waals surface area contributed by atoms with Gasteiger partial charge < -0.3 is 19.5 Å². The summed E-state index contributed by atoms with van der Waals surface area (Å²) in [5.74, 6) is 1.48. The molecule has 1 aromatic rings. The molecule has 1 aromatic carbocycles. The molecule has 0 heterocycles. The molecule has 0 aromatic heterocycles. The number of carbonyl (C=O) groups is 1. The highest BCUT2D eigenvalue weighted by molar-refractivity contribution is 6.02. The first-order valence-corrected chi connectivity index (χ1v) is 8.76. The van der Waals surface area contributed by atoms with Gasteiger partial charge in [-0.15, -0.1) is 0 Å². The van der Waals surface area contributed by atoms with Gasteiger partial charge in [0.05, 0.1) is 21.3 Å². The number of hydrogen-bond acceptors (Lipinski definition) is 5. The maximum absolute atomic E-state index is 12.5. The Kier molecular flexibility index (Phi) is 6.90. The van der Waals surface area contributed by atoms with Gasteiger partial charge in [0.1, 0.15) is 11.6 Å². The first kappa shape index (κ1) is 19.6. The quantitative estimate of drug-likeness (QED) is 0.623. The van der Waals surface area contributed by atoms with E-state index in [0.717, 1.165) is 19.3 Å². The summed E-state index contributed by atoms with van der Waals surface area (Å²) in [6.07, 6.45) is 5.89. The molecule has 0 aliphatic heterocycles. The van der Waals surface area contributed by atoms with Gasteiger partial charge in [-0.05, 0) is 42.5 Å². The standard InChI is InChI=1S/C20H26N2O4/c1-13-7-5-6-8-16(13)22-20(23)15(12-21)9-14-10-17(24-2)19(26-4)18(11-14)25-3/h9-11,13,16H,5-8H2,1-4H3,(H,22,23)/b15-9+/t13-,16-/m1/s1. The molecule has 1 aliphatic carbocycles. The van der Waals surface area contributed by atoms with Crippen molar-refractivity contribution in [2.45, 2.75) is 38.6 Å². The van der Waals surface area contributed by atoms with E-state index in [2.05, 4.69) is 12.2 Å². The Labute approximate surface area is 154 Å². The van der Waals surface area contributed by atoms with E-state index in [1.807, 2.05) is 6.07 Å². The molecule has 26 heavy (non-hydrogen) atoms. The van der Waals surface area contributed by atoms with Crippen LogP contribution in [0.4, 0.5) is 0 Å². The lowest BCUT2D eigenvalue weighted by Crippen LogP contribution is -2.41. The Balaban J connectivity index is 2.27. The fraction of sp³-hybridized carbons (Fsp3) is 0.500. The summed E-state index contributed by atoms with van der Waals surface area (Å²) in [6, 6.07) is 5.52. The zero-order valence-electron chi connectivity index (χ0n) is 15.8. The second kappa shape index (κ2) is 9.14. The van der Waals surface area contributed by atoms with Crippen molar-refractivity contribution >= 4 is 12.0 Å². The minimum atomic E-state index is -0.347. The number of hydrogen-bond donors (Lipinski definition) is 1. The Hall–Kier alpha value is -2.68. The van der Waals surface area contributed by atoms with Gasteiger partial charge in [0, 0.05) is 6.04 Å². The molecule has 0 unspecified atom stereocenters. The van der Waals surface area contributed by atoms with Crippen LogP contribution in [-0.4, -0.2) is 33.3 Å². The van der Waals surface area contributed by atoms with Crippen molar-refractivity contribution < 1.29 is 19.0 Å². The SMILES string of the molecule is COc1cc(/C=C(\C#N)C(=O)N[C@@H]2CCCC[C@H]2C)cc(OC)c1OC. The molecule has 0 radical (unpaired) electrons. The van der Waals surface area contributed by atoms with Crippen molar-refractivity contribution in [3.8, 4) is 23.3 Å². The predicted octanol–water partition coefficient (Wildman–Crippen LogP) is 3.31. The predicted molar refractivity (Wildman–Crippen MR) is 99.3 cm³/mol. The van der Waals surface area contributed by atoms with Gasteiger partial charge in [0.15, 0.2) is 11.5 Å². The summed E-state index contributed by atoms with van der Waals surface area (Å²) in [5.41, 5.74) is 0.680. The second-order valence-corrected chi connectivity index (χ2v) is 6.47. The lowest BCUT2D eigenvalue weighted by molar-refractivity contribution is -0.118. The molecule has 6 heteroatoms. The third kappa shape index (κ3) is 4.48. The molecule has 2 atom stereocenters. The number of rotatable bonds is 6. The second-order valence-electron chi connectivity index (χ2n) is 6.47. The highest BCUT2D eigenvalue weighted by Crippen LogP contribution is 2.38. The minimum Gasteiger partial charge on any atom is -0.493 e. The summed E-state index contributed by atoms with van der Waals surface area (Å²) in [6.45, 7) is 2.14. The molecule has 2 rings (SSSR count). The average Bonchev–Trinajstić information content (AvgIpc) is 2.66. The smallest absolute Gasteiger partial charge is 0.262 e. The van der Waals surface area contributed by atoms with Crippen LogP contribution in [0.25, 0.3) is 6.08 Å². The fourth-order valence-electron chi connectivity index (χ4n) is 3.28. The van der Waals surface area contributed by atoms with Crippen molar-refractivity contribution in [3.63, 3.8) is 0 Å². The first-order valence-electron chi connectivity index (χ1n) is 8.76.